The zero-order valence-corrected chi connectivity index (χ0v) is 9.34. The lowest BCUT2D eigenvalue weighted by atomic mass is 10.3. The normalized spacial score (nSPS) is 24.4. The molecule has 6 nitrogen and oxygen atoms in total. The Hall–Kier alpha value is -1.30. The number of hydrogen-bond acceptors (Lipinski definition) is 6. The lowest BCUT2D eigenvalue weighted by molar-refractivity contribution is -0.170. The fraction of sp³-hybridized carbons (Fsp3) is 0.800. The van der Waals surface area contributed by atoms with E-state index in [0.29, 0.717) is 6.42 Å². The van der Waals surface area contributed by atoms with E-state index in [1.807, 2.05) is 0 Å². The van der Waals surface area contributed by atoms with Gasteiger partial charge in [-0.25, -0.2) is 4.79 Å². The molecule has 1 unspecified atom stereocenters. The molecule has 0 aromatic carbocycles. The van der Waals surface area contributed by atoms with Crippen molar-refractivity contribution >= 4 is 12.1 Å². The minimum absolute atomic E-state index is 0.0118. The summed E-state index contributed by atoms with van der Waals surface area (Å²) in [4.78, 5) is 22.2. The number of aliphatic hydroxyl groups excluding tert-OH is 1. The van der Waals surface area contributed by atoms with Crippen LogP contribution < -0.4 is 0 Å². The summed E-state index contributed by atoms with van der Waals surface area (Å²) in [5.41, 5.74) is 0. The molecule has 6 heteroatoms. The van der Waals surface area contributed by atoms with Gasteiger partial charge in [-0.1, -0.05) is 0 Å². The van der Waals surface area contributed by atoms with E-state index < -0.39 is 18.4 Å². The summed E-state index contributed by atoms with van der Waals surface area (Å²) in [6.07, 6.45) is -1.20. The first kappa shape index (κ1) is 12.8. The van der Waals surface area contributed by atoms with E-state index in [4.69, 9.17) is 9.84 Å². The highest BCUT2D eigenvalue weighted by molar-refractivity contribution is 5.76. The lowest BCUT2D eigenvalue weighted by Crippen LogP contribution is -2.23. The van der Waals surface area contributed by atoms with Crippen molar-refractivity contribution in [3.8, 4) is 0 Å². The van der Waals surface area contributed by atoms with Gasteiger partial charge in [0.15, 0.2) is 0 Å². The van der Waals surface area contributed by atoms with Crippen LogP contribution >= 0.6 is 0 Å². The van der Waals surface area contributed by atoms with Gasteiger partial charge < -0.3 is 19.3 Å². The smallest absolute Gasteiger partial charge is 0.435 e. The molecule has 0 amide bonds. The molecule has 1 saturated carbocycles. The van der Waals surface area contributed by atoms with Gasteiger partial charge in [-0.3, -0.25) is 4.79 Å². The van der Waals surface area contributed by atoms with Crippen LogP contribution in [0.25, 0.3) is 0 Å². The average molecular weight is 232 g/mol. The van der Waals surface area contributed by atoms with Crippen LogP contribution in [0.2, 0.25) is 0 Å². The Bertz CT molecular complexity index is 264. The van der Waals surface area contributed by atoms with Crippen LogP contribution in [-0.4, -0.2) is 36.7 Å². The van der Waals surface area contributed by atoms with E-state index in [0.717, 1.165) is 0 Å². The molecular formula is C10H16O6. The Morgan fingerprint density at radius 2 is 2.12 bits per heavy atom. The van der Waals surface area contributed by atoms with Crippen LogP contribution in [0.5, 0.6) is 0 Å². The van der Waals surface area contributed by atoms with Crippen molar-refractivity contribution in [3.05, 3.63) is 0 Å². The summed E-state index contributed by atoms with van der Waals surface area (Å²) in [6, 6.07) is 0. The molecule has 0 bridgehead atoms. The first-order valence-electron chi connectivity index (χ1n) is 5.23. The maximum absolute atomic E-state index is 11.4. The van der Waals surface area contributed by atoms with Crippen molar-refractivity contribution in [1.82, 2.24) is 0 Å². The first-order valence-corrected chi connectivity index (χ1v) is 5.23. The molecule has 1 N–H and O–H groups in total. The van der Waals surface area contributed by atoms with Crippen LogP contribution in [0, 0.1) is 11.8 Å². The zero-order valence-electron chi connectivity index (χ0n) is 9.34. The maximum atomic E-state index is 11.4. The summed E-state index contributed by atoms with van der Waals surface area (Å²) < 4.78 is 14.0. The number of carbonyl (C=O) groups excluding carboxylic acids is 2. The van der Waals surface area contributed by atoms with Crippen molar-refractivity contribution < 1.29 is 28.9 Å². The standard InChI is InChI=1S/C10H16O6/c1-3-14-10(13)16-6(2)15-9(12)8-4-7(8)5-11/h6-8,11H,3-5H2,1-2H3/t6?,7-,8+/m0/s1. The minimum atomic E-state index is -0.966. The van der Waals surface area contributed by atoms with Gasteiger partial charge in [-0.05, 0) is 19.3 Å². The van der Waals surface area contributed by atoms with Gasteiger partial charge in [-0.2, -0.15) is 0 Å². The molecule has 1 fully saturated rings. The molecule has 92 valence electrons. The highest BCUT2D eigenvalue weighted by atomic mass is 16.8. The van der Waals surface area contributed by atoms with E-state index in [-0.39, 0.29) is 25.0 Å². The molecule has 1 aliphatic carbocycles. The molecule has 3 atom stereocenters. The number of rotatable bonds is 5. The van der Waals surface area contributed by atoms with Crippen LogP contribution in [0.4, 0.5) is 4.79 Å². The number of hydrogen-bond donors (Lipinski definition) is 1. The van der Waals surface area contributed by atoms with Gasteiger partial charge >= 0.3 is 12.1 Å². The quantitative estimate of drug-likeness (QED) is 0.554. The monoisotopic (exact) mass is 232 g/mol. The summed E-state index contributed by atoms with van der Waals surface area (Å²) in [5, 5.41) is 8.76. The summed E-state index contributed by atoms with van der Waals surface area (Å²) >= 11 is 0. The van der Waals surface area contributed by atoms with Crippen LogP contribution in [0.1, 0.15) is 20.3 Å². The van der Waals surface area contributed by atoms with Crippen molar-refractivity contribution in [2.45, 2.75) is 26.6 Å². The van der Waals surface area contributed by atoms with Gasteiger partial charge in [0.1, 0.15) is 0 Å². The molecule has 0 aromatic heterocycles. The largest absolute Gasteiger partial charge is 0.511 e. The second-order valence-electron chi connectivity index (χ2n) is 3.59. The summed E-state index contributed by atoms with van der Waals surface area (Å²) in [7, 11) is 0. The molecule has 1 rings (SSSR count). The third kappa shape index (κ3) is 3.69. The van der Waals surface area contributed by atoms with Crippen LogP contribution in [0.3, 0.4) is 0 Å². The molecule has 0 radical (unpaired) electrons. The fourth-order valence-corrected chi connectivity index (χ4v) is 1.30. The maximum Gasteiger partial charge on any atom is 0.511 e. The van der Waals surface area contributed by atoms with E-state index in [1.54, 1.807) is 6.92 Å². The third-order valence-electron chi connectivity index (χ3n) is 2.27. The van der Waals surface area contributed by atoms with Crippen molar-refractivity contribution in [3.63, 3.8) is 0 Å². The number of carbonyl (C=O) groups is 2. The third-order valence-corrected chi connectivity index (χ3v) is 2.27. The predicted octanol–water partition coefficient (Wildman–Crippen LogP) is 0.677. The van der Waals surface area contributed by atoms with Crippen molar-refractivity contribution in [2.75, 3.05) is 13.2 Å². The van der Waals surface area contributed by atoms with Gasteiger partial charge in [0, 0.05) is 13.5 Å². The van der Waals surface area contributed by atoms with E-state index in [2.05, 4.69) is 9.47 Å². The number of ether oxygens (including phenoxy) is 3. The van der Waals surface area contributed by atoms with Crippen molar-refractivity contribution in [2.24, 2.45) is 11.8 Å². The van der Waals surface area contributed by atoms with E-state index in [1.165, 1.54) is 6.92 Å². The Kier molecular flexibility index (Phi) is 4.54. The first-order chi connectivity index (χ1) is 7.58. The van der Waals surface area contributed by atoms with Crippen LogP contribution in [-0.2, 0) is 19.0 Å². The summed E-state index contributed by atoms with van der Waals surface area (Å²) in [6.45, 7) is 3.26. The highest BCUT2D eigenvalue weighted by Crippen LogP contribution is 2.39. The topological polar surface area (TPSA) is 82.1 Å². The molecule has 0 saturated heterocycles. The fourth-order valence-electron chi connectivity index (χ4n) is 1.30. The Labute approximate surface area is 93.5 Å². The van der Waals surface area contributed by atoms with E-state index in [9.17, 15) is 9.59 Å². The molecular weight excluding hydrogens is 216 g/mol. The van der Waals surface area contributed by atoms with Crippen LogP contribution in [0.15, 0.2) is 0 Å². The van der Waals surface area contributed by atoms with Crippen molar-refractivity contribution in [1.29, 1.82) is 0 Å². The second-order valence-corrected chi connectivity index (χ2v) is 3.59. The molecule has 0 aliphatic heterocycles. The van der Waals surface area contributed by atoms with Gasteiger partial charge in [0.25, 0.3) is 0 Å². The van der Waals surface area contributed by atoms with Gasteiger partial charge in [0.05, 0.1) is 12.5 Å². The molecule has 0 heterocycles. The predicted molar refractivity (Wildman–Crippen MR) is 52.3 cm³/mol. The molecule has 0 aromatic rings. The highest BCUT2D eigenvalue weighted by Gasteiger charge is 2.44. The summed E-state index contributed by atoms with van der Waals surface area (Å²) in [5.74, 6) is -0.726. The SMILES string of the molecule is CCOC(=O)OC(C)OC(=O)[C@@H]1C[C@H]1CO. The Balaban J connectivity index is 2.21. The minimum Gasteiger partial charge on any atom is -0.435 e. The molecule has 16 heavy (non-hydrogen) atoms. The number of aliphatic hydroxyl groups is 1. The average Bonchev–Trinajstić information content (AvgIpc) is 2.96. The molecule has 0 spiro atoms. The zero-order chi connectivity index (χ0) is 12.1. The Morgan fingerprint density at radius 3 is 2.62 bits per heavy atom. The molecule has 1 aliphatic rings. The lowest BCUT2D eigenvalue weighted by Gasteiger charge is -2.13. The Morgan fingerprint density at radius 1 is 1.44 bits per heavy atom. The number of esters is 1. The van der Waals surface area contributed by atoms with Gasteiger partial charge in [0.2, 0.25) is 6.29 Å². The van der Waals surface area contributed by atoms with E-state index >= 15 is 0 Å². The second kappa shape index (κ2) is 5.69. The van der Waals surface area contributed by atoms with Gasteiger partial charge in [-0.15, -0.1) is 0 Å².